The minimum atomic E-state index is -3.10. The van der Waals surface area contributed by atoms with Gasteiger partial charge in [0.25, 0.3) is 0 Å². The molecule has 114 valence electrons. The van der Waals surface area contributed by atoms with Gasteiger partial charge >= 0.3 is 12.0 Å². The maximum Gasteiger partial charge on any atom is 0.332 e. The number of carboxylic acid groups (broad SMARTS) is 1. The monoisotopic (exact) mass is 306 g/mol. The third kappa shape index (κ3) is 2.88. The van der Waals surface area contributed by atoms with Gasteiger partial charge in [-0.3, -0.25) is 0 Å². The summed E-state index contributed by atoms with van der Waals surface area (Å²) < 4.78 is 27.9. The Morgan fingerprint density at radius 2 is 2.15 bits per heavy atom. The Hall–Kier alpha value is -1.35. The Morgan fingerprint density at radius 3 is 2.60 bits per heavy atom. The molecule has 2 aliphatic rings. The van der Waals surface area contributed by atoms with Crippen LogP contribution in [0.15, 0.2) is 0 Å². The summed E-state index contributed by atoms with van der Waals surface area (Å²) in [6, 6.07) is -0.992. The number of sulfone groups is 1. The Balaban J connectivity index is 2.02. The predicted octanol–water partition coefficient (Wildman–Crippen LogP) is -0.941. The highest BCUT2D eigenvalue weighted by Gasteiger charge is 2.45. The van der Waals surface area contributed by atoms with Gasteiger partial charge in [-0.05, 0) is 6.42 Å². The molecule has 2 unspecified atom stereocenters. The quantitative estimate of drug-likeness (QED) is 0.695. The number of ether oxygens (including phenoxy) is 1. The van der Waals surface area contributed by atoms with E-state index in [0.717, 1.165) is 0 Å². The molecule has 2 aliphatic heterocycles. The number of carbonyl (C=O) groups is 2. The summed E-state index contributed by atoms with van der Waals surface area (Å²) in [5.74, 6) is -1.16. The zero-order chi connectivity index (χ0) is 15.0. The molecule has 2 amide bonds. The first-order valence-electron chi connectivity index (χ1n) is 6.32. The van der Waals surface area contributed by atoms with Gasteiger partial charge in [-0.2, -0.15) is 0 Å². The van der Waals surface area contributed by atoms with E-state index in [0.29, 0.717) is 6.42 Å². The Kier molecular flexibility index (Phi) is 3.92. The maximum atomic E-state index is 12.1. The van der Waals surface area contributed by atoms with Crippen LogP contribution in [0.2, 0.25) is 0 Å². The van der Waals surface area contributed by atoms with Crippen molar-refractivity contribution in [3.63, 3.8) is 0 Å². The molecule has 20 heavy (non-hydrogen) atoms. The van der Waals surface area contributed by atoms with Gasteiger partial charge < -0.3 is 20.1 Å². The Morgan fingerprint density at radius 1 is 1.45 bits per heavy atom. The molecule has 0 aliphatic carbocycles. The summed E-state index contributed by atoms with van der Waals surface area (Å²) in [5, 5.41) is 11.7. The van der Waals surface area contributed by atoms with Gasteiger partial charge in [0.1, 0.15) is 0 Å². The normalized spacial score (nSPS) is 31.9. The van der Waals surface area contributed by atoms with Gasteiger partial charge in [-0.15, -0.1) is 0 Å². The molecular weight excluding hydrogens is 288 g/mol. The summed E-state index contributed by atoms with van der Waals surface area (Å²) in [6.45, 7) is 0.193. The van der Waals surface area contributed by atoms with Crippen molar-refractivity contribution in [2.75, 3.05) is 31.8 Å². The van der Waals surface area contributed by atoms with Crippen LogP contribution in [-0.4, -0.2) is 73.8 Å². The lowest BCUT2D eigenvalue weighted by Gasteiger charge is -2.30. The molecule has 2 N–H and O–H groups in total. The van der Waals surface area contributed by atoms with Gasteiger partial charge in [0.05, 0.1) is 18.1 Å². The fourth-order valence-electron chi connectivity index (χ4n) is 2.43. The molecule has 0 spiro atoms. The highest BCUT2D eigenvalue weighted by Crippen LogP contribution is 2.21. The van der Waals surface area contributed by atoms with Gasteiger partial charge in [-0.1, -0.05) is 0 Å². The fraction of sp³-hybridized carbons (Fsp3) is 0.818. The number of hydrogen-bond acceptors (Lipinski definition) is 5. The highest BCUT2D eigenvalue weighted by molar-refractivity contribution is 7.91. The van der Waals surface area contributed by atoms with E-state index in [9.17, 15) is 23.1 Å². The van der Waals surface area contributed by atoms with E-state index in [1.165, 1.54) is 11.9 Å². The van der Waals surface area contributed by atoms with Crippen LogP contribution in [0.1, 0.15) is 12.8 Å². The second kappa shape index (κ2) is 5.21. The minimum Gasteiger partial charge on any atom is -0.479 e. The third-order valence-corrected chi connectivity index (χ3v) is 5.60. The van der Waals surface area contributed by atoms with Crippen molar-refractivity contribution in [2.45, 2.75) is 24.4 Å². The topological polar surface area (TPSA) is 113 Å². The lowest BCUT2D eigenvalue weighted by Crippen LogP contribution is -2.59. The van der Waals surface area contributed by atoms with E-state index in [-0.39, 0.29) is 31.1 Å². The van der Waals surface area contributed by atoms with Crippen molar-refractivity contribution in [1.82, 2.24) is 10.2 Å². The molecule has 9 heteroatoms. The molecule has 8 nitrogen and oxygen atoms in total. The zero-order valence-electron chi connectivity index (χ0n) is 11.2. The van der Waals surface area contributed by atoms with Gasteiger partial charge in [-0.25, -0.2) is 18.0 Å². The van der Waals surface area contributed by atoms with Crippen LogP contribution in [0, 0.1) is 0 Å². The summed E-state index contributed by atoms with van der Waals surface area (Å²) >= 11 is 0. The number of nitrogens with one attached hydrogen (secondary N) is 1. The molecule has 0 radical (unpaired) electrons. The standard InChI is InChI=1S/C11H18N2O6S/c1-13(8-2-5-20(17,18)6-8)10(16)12-11(9(14)15)3-4-19-7-11/h8H,2-7H2,1H3,(H,12,16)(H,14,15). The summed E-state index contributed by atoms with van der Waals surface area (Å²) in [7, 11) is -1.62. The molecule has 0 saturated carbocycles. The van der Waals surface area contributed by atoms with Crippen LogP contribution in [0.3, 0.4) is 0 Å². The number of carboxylic acids is 1. The summed E-state index contributed by atoms with van der Waals surface area (Å²) in [4.78, 5) is 24.7. The average molecular weight is 306 g/mol. The van der Waals surface area contributed by atoms with E-state index >= 15 is 0 Å². The molecule has 0 aromatic rings. The van der Waals surface area contributed by atoms with Crippen molar-refractivity contribution in [1.29, 1.82) is 0 Å². The summed E-state index contributed by atoms with van der Waals surface area (Å²) in [6.07, 6.45) is 0.577. The lowest BCUT2D eigenvalue weighted by atomic mass is 9.99. The number of amides is 2. The van der Waals surface area contributed by atoms with E-state index < -0.39 is 33.4 Å². The van der Waals surface area contributed by atoms with Crippen LogP contribution in [-0.2, 0) is 19.4 Å². The molecular formula is C11H18N2O6S. The van der Waals surface area contributed by atoms with Crippen LogP contribution in [0.5, 0.6) is 0 Å². The Bertz CT molecular complexity index is 511. The number of rotatable bonds is 3. The van der Waals surface area contributed by atoms with E-state index in [4.69, 9.17) is 4.74 Å². The molecule has 0 aromatic carbocycles. The van der Waals surface area contributed by atoms with Crippen LogP contribution < -0.4 is 5.32 Å². The maximum absolute atomic E-state index is 12.1. The SMILES string of the molecule is CN(C(=O)NC1(C(=O)O)CCOC1)C1CCS(=O)(=O)C1. The average Bonchev–Trinajstić information content (AvgIpc) is 2.95. The van der Waals surface area contributed by atoms with Crippen molar-refractivity contribution in [3.8, 4) is 0 Å². The number of hydrogen-bond donors (Lipinski definition) is 2. The molecule has 2 atom stereocenters. The van der Waals surface area contributed by atoms with Gasteiger partial charge in [0.15, 0.2) is 15.4 Å². The molecule has 2 rings (SSSR count). The predicted molar refractivity (Wildman–Crippen MR) is 69.2 cm³/mol. The number of nitrogens with zero attached hydrogens (tertiary/aromatic N) is 1. The Labute approximate surface area is 117 Å². The van der Waals surface area contributed by atoms with E-state index in [1.807, 2.05) is 0 Å². The molecule has 2 fully saturated rings. The number of carbonyl (C=O) groups excluding carboxylic acids is 1. The van der Waals surface area contributed by atoms with Crippen LogP contribution in [0.4, 0.5) is 4.79 Å². The van der Waals surface area contributed by atoms with E-state index in [1.54, 1.807) is 0 Å². The first-order chi connectivity index (χ1) is 9.26. The second-order valence-electron chi connectivity index (χ2n) is 5.29. The number of urea groups is 1. The van der Waals surface area contributed by atoms with Crippen LogP contribution >= 0.6 is 0 Å². The summed E-state index contributed by atoms with van der Waals surface area (Å²) in [5.41, 5.74) is -1.41. The largest absolute Gasteiger partial charge is 0.479 e. The zero-order valence-corrected chi connectivity index (χ0v) is 12.0. The van der Waals surface area contributed by atoms with Crippen molar-refractivity contribution < 1.29 is 27.9 Å². The number of aliphatic carboxylic acids is 1. The van der Waals surface area contributed by atoms with Crippen molar-refractivity contribution >= 4 is 21.8 Å². The fourth-order valence-corrected chi connectivity index (χ4v) is 4.20. The molecule has 2 saturated heterocycles. The van der Waals surface area contributed by atoms with Gasteiger partial charge in [0, 0.05) is 26.1 Å². The molecule has 2 heterocycles. The van der Waals surface area contributed by atoms with Crippen molar-refractivity contribution in [2.24, 2.45) is 0 Å². The highest BCUT2D eigenvalue weighted by atomic mass is 32.2. The molecule has 0 bridgehead atoms. The first kappa shape index (κ1) is 15.0. The van der Waals surface area contributed by atoms with Crippen LogP contribution in [0.25, 0.3) is 0 Å². The van der Waals surface area contributed by atoms with E-state index in [2.05, 4.69) is 5.32 Å². The lowest BCUT2D eigenvalue weighted by molar-refractivity contribution is -0.144. The molecule has 0 aromatic heterocycles. The van der Waals surface area contributed by atoms with Gasteiger partial charge in [0.2, 0.25) is 0 Å². The minimum absolute atomic E-state index is 0.0580. The smallest absolute Gasteiger partial charge is 0.332 e. The third-order valence-electron chi connectivity index (χ3n) is 3.85. The van der Waals surface area contributed by atoms with Crippen molar-refractivity contribution in [3.05, 3.63) is 0 Å². The second-order valence-corrected chi connectivity index (χ2v) is 7.52. The first-order valence-corrected chi connectivity index (χ1v) is 8.14.